The predicted octanol–water partition coefficient (Wildman–Crippen LogP) is 4.09. The maximum atomic E-state index is 12.5. The van der Waals surface area contributed by atoms with Crippen molar-refractivity contribution in [2.75, 3.05) is 31.6 Å². The molecule has 30 heavy (non-hydrogen) atoms. The first-order valence-corrected chi connectivity index (χ1v) is 10.8. The average Bonchev–Trinajstić information content (AvgIpc) is 3.06. The van der Waals surface area contributed by atoms with Gasteiger partial charge in [0.05, 0.1) is 29.9 Å². The van der Waals surface area contributed by atoms with Gasteiger partial charge in [-0.1, -0.05) is 24.3 Å². The van der Waals surface area contributed by atoms with E-state index in [1.54, 1.807) is 0 Å². The number of aryl methyl sites for hydroxylation is 1. The number of para-hydroxylation sites is 4. The van der Waals surface area contributed by atoms with Gasteiger partial charge in [0, 0.05) is 6.54 Å². The summed E-state index contributed by atoms with van der Waals surface area (Å²) in [6, 6.07) is 15.9. The fourth-order valence-electron chi connectivity index (χ4n) is 4.26. The average molecular weight is 407 g/mol. The molecule has 6 heteroatoms. The molecule has 2 heterocycles. The Hall–Kier alpha value is -2.86. The van der Waals surface area contributed by atoms with Crippen LogP contribution >= 0.6 is 0 Å². The highest BCUT2D eigenvalue weighted by atomic mass is 16.5. The molecule has 1 aliphatic rings. The van der Waals surface area contributed by atoms with Crippen molar-refractivity contribution in [2.45, 2.75) is 33.2 Å². The normalized spacial score (nSPS) is 15.4. The number of hydrogen-bond acceptors (Lipinski definition) is 4. The molecule has 0 aliphatic carbocycles. The lowest BCUT2D eigenvalue weighted by Crippen LogP contribution is -2.40. The van der Waals surface area contributed by atoms with Crippen LogP contribution in [0.5, 0.6) is 5.75 Å². The summed E-state index contributed by atoms with van der Waals surface area (Å²) in [6.07, 6.45) is 2.18. The Morgan fingerprint density at radius 2 is 1.87 bits per heavy atom. The molecule has 4 rings (SSSR count). The Balaban J connectivity index is 1.29. The van der Waals surface area contributed by atoms with Crippen LogP contribution in [0.25, 0.3) is 11.0 Å². The first-order chi connectivity index (χ1) is 14.6. The summed E-state index contributed by atoms with van der Waals surface area (Å²) in [5.74, 6) is 2.41. The minimum atomic E-state index is 0.0112. The van der Waals surface area contributed by atoms with Gasteiger partial charge in [0.2, 0.25) is 5.91 Å². The number of fused-ring (bicyclic) bond motifs is 1. The summed E-state index contributed by atoms with van der Waals surface area (Å²) in [5.41, 5.74) is 3.02. The molecule has 0 unspecified atom stereocenters. The van der Waals surface area contributed by atoms with E-state index in [1.807, 2.05) is 37.3 Å². The van der Waals surface area contributed by atoms with E-state index in [4.69, 9.17) is 4.74 Å². The zero-order valence-corrected chi connectivity index (χ0v) is 17.8. The summed E-state index contributed by atoms with van der Waals surface area (Å²) in [7, 11) is 0. The molecule has 1 amide bonds. The van der Waals surface area contributed by atoms with Crippen LogP contribution < -0.4 is 10.1 Å². The highest BCUT2D eigenvalue weighted by molar-refractivity contribution is 5.93. The van der Waals surface area contributed by atoms with Gasteiger partial charge in [-0.15, -0.1) is 0 Å². The number of hydrogen-bond donors (Lipinski definition) is 1. The maximum absolute atomic E-state index is 12.5. The zero-order chi connectivity index (χ0) is 20.9. The Morgan fingerprint density at radius 3 is 2.67 bits per heavy atom. The molecule has 6 nitrogen and oxygen atoms in total. The lowest BCUT2D eigenvalue weighted by molar-refractivity contribution is -0.117. The molecule has 0 atom stereocenters. The molecule has 1 saturated heterocycles. The van der Waals surface area contributed by atoms with E-state index >= 15 is 0 Å². The van der Waals surface area contributed by atoms with Gasteiger partial charge in [-0.2, -0.15) is 0 Å². The van der Waals surface area contributed by atoms with Gasteiger partial charge in [-0.3, -0.25) is 9.69 Å². The number of carbonyl (C=O) groups excluding carboxylic acids is 1. The number of carbonyl (C=O) groups is 1. The molecule has 1 aliphatic heterocycles. The fraction of sp³-hybridized carbons (Fsp3) is 0.417. The smallest absolute Gasteiger partial charge is 0.238 e. The number of ether oxygens (including phenoxy) is 1. The fourth-order valence-corrected chi connectivity index (χ4v) is 4.26. The van der Waals surface area contributed by atoms with Crippen molar-refractivity contribution in [1.29, 1.82) is 0 Å². The van der Waals surface area contributed by atoms with Gasteiger partial charge in [-0.25, -0.2) is 4.98 Å². The third-order valence-corrected chi connectivity index (χ3v) is 5.82. The van der Waals surface area contributed by atoms with Crippen molar-refractivity contribution >= 4 is 22.6 Å². The van der Waals surface area contributed by atoms with Crippen LogP contribution in [0.2, 0.25) is 0 Å². The van der Waals surface area contributed by atoms with Gasteiger partial charge in [0.25, 0.3) is 0 Å². The van der Waals surface area contributed by atoms with E-state index in [-0.39, 0.29) is 5.91 Å². The van der Waals surface area contributed by atoms with Gasteiger partial charge in [0.15, 0.2) is 0 Å². The molecule has 0 radical (unpaired) electrons. The molecule has 1 aromatic heterocycles. The van der Waals surface area contributed by atoms with Gasteiger partial charge >= 0.3 is 0 Å². The second-order valence-electron chi connectivity index (χ2n) is 7.96. The van der Waals surface area contributed by atoms with Crippen molar-refractivity contribution in [3.05, 3.63) is 54.4 Å². The van der Waals surface area contributed by atoms with E-state index in [2.05, 4.69) is 44.9 Å². The second kappa shape index (κ2) is 9.30. The van der Waals surface area contributed by atoms with Crippen LogP contribution in [0.3, 0.4) is 0 Å². The Morgan fingerprint density at radius 1 is 1.13 bits per heavy atom. The van der Waals surface area contributed by atoms with Crippen LogP contribution in [-0.2, 0) is 11.3 Å². The van der Waals surface area contributed by atoms with Crippen LogP contribution in [0.15, 0.2) is 48.5 Å². The first kappa shape index (κ1) is 20.4. The molecule has 0 bridgehead atoms. The molecule has 158 valence electrons. The lowest BCUT2D eigenvalue weighted by atomic mass is 9.96. The molecule has 1 N–H and O–H groups in total. The first-order valence-electron chi connectivity index (χ1n) is 10.8. The molecule has 1 fully saturated rings. The highest BCUT2D eigenvalue weighted by Crippen LogP contribution is 2.25. The summed E-state index contributed by atoms with van der Waals surface area (Å²) in [4.78, 5) is 19.5. The number of likely N-dealkylation sites (tertiary alicyclic amines) is 1. The highest BCUT2D eigenvalue weighted by Gasteiger charge is 2.22. The monoisotopic (exact) mass is 406 g/mol. The standard InChI is InChI=1S/C24H30N4O2/c1-3-30-23-11-7-5-9-21(23)26-24(29)17-27-14-12-19(13-15-27)16-28-18(2)25-20-8-4-6-10-22(20)28/h4-11,19H,3,12-17H2,1-2H3,(H,26,29). The van der Waals surface area contributed by atoms with Crippen LogP contribution in [-0.4, -0.2) is 46.6 Å². The zero-order valence-electron chi connectivity index (χ0n) is 17.8. The largest absolute Gasteiger partial charge is 0.492 e. The number of benzene rings is 2. The van der Waals surface area contributed by atoms with Crippen molar-refractivity contribution in [1.82, 2.24) is 14.5 Å². The van der Waals surface area contributed by atoms with Gasteiger partial charge < -0.3 is 14.6 Å². The summed E-state index contributed by atoms with van der Waals surface area (Å²) in [6.45, 7) is 7.89. The van der Waals surface area contributed by atoms with Gasteiger partial charge in [0.1, 0.15) is 11.6 Å². The SMILES string of the molecule is CCOc1ccccc1NC(=O)CN1CCC(Cn2c(C)nc3ccccc32)CC1. The molecule has 0 spiro atoms. The molecule has 3 aromatic rings. The summed E-state index contributed by atoms with van der Waals surface area (Å²) >= 11 is 0. The summed E-state index contributed by atoms with van der Waals surface area (Å²) in [5, 5.41) is 3.00. The number of amides is 1. The maximum Gasteiger partial charge on any atom is 0.238 e. The number of piperidine rings is 1. The number of nitrogens with zero attached hydrogens (tertiary/aromatic N) is 3. The number of rotatable bonds is 7. The molecular formula is C24H30N4O2. The van der Waals surface area contributed by atoms with Crippen molar-refractivity contribution < 1.29 is 9.53 Å². The Kier molecular flexibility index (Phi) is 6.33. The topological polar surface area (TPSA) is 59.4 Å². The van der Waals surface area contributed by atoms with E-state index in [0.717, 1.165) is 55.3 Å². The van der Waals surface area contributed by atoms with Crippen molar-refractivity contribution in [3.63, 3.8) is 0 Å². The third-order valence-electron chi connectivity index (χ3n) is 5.82. The van der Waals surface area contributed by atoms with Crippen LogP contribution in [0, 0.1) is 12.8 Å². The molecule has 0 saturated carbocycles. The number of nitrogens with one attached hydrogen (secondary N) is 1. The van der Waals surface area contributed by atoms with Crippen molar-refractivity contribution in [3.8, 4) is 5.75 Å². The minimum absolute atomic E-state index is 0.0112. The molecular weight excluding hydrogens is 376 g/mol. The van der Waals surface area contributed by atoms with Crippen LogP contribution in [0.1, 0.15) is 25.6 Å². The number of imidazole rings is 1. The van der Waals surface area contributed by atoms with Gasteiger partial charge in [-0.05, 0) is 70.0 Å². The van der Waals surface area contributed by atoms with E-state index < -0.39 is 0 Å². The van der Waals surface area contributed by atoms with E-state index in [9.17, 15) is 4.79 Å². The second-order valence-corrected chi connectivity index (χ2v) is 7.96. The molecule has 2 aromatic carbocycles. The van der Waals surface area contributed by atoms with E-state index in [1.165, 1.54) is 5.52 Å². The van der Waals surface area contributed by atoms with E-state index in [0.29, 0.717) is 19.1 Å². The third kappa shape index (κ3) is 4.65. The quantitative estimate of drug-likeness (QED) is 0.642. The van der Waals surface area contributed by atoms with Crippen molar-refractivity contribution in [2.24, 2.45) is 5.92 Å². The number of aromatic nitrogens is 2. The minimum Gasteiger partial charge on any atom is -0.492 e. The lowest BCUT2D eigenvalue weighted by Gasteiger charge is -2.32. The Labute approximate surface area is 177 Å². The predicted molar refractivity (Wildman–Crippen MR) is 120 cm³/mol. The van der Waals surface area contributed by atoms with Crippen LogP contribution in [0.4, 0.5) is 5.69 Å². The Bertz CT molecular complexity index is 1010. The summed E-state index contributed by atoms with van der Waals surface area (Å²) < 4.78 is 7.94. The number of anilines is 1.